The van der Waals surface area contributed by atoms with Crippen molar-refractivity contribution >= 4 is 28.6 Å². The topological polar surface area (TPSA) is 86.1 Å². The number of anilines is 1. The van der Waals surface area contributed by atoms with E-state index in [4.69, 9.17) is 13.9 Å². The van der Waals surface area contributed by atoms with Crippen molar-refractivity contribution in [1.82, 2.24) is 0 Å². The Bertz CT molecular complexity index is 1450. The molecule has 0 aliphatic carbocycles. The first-order chi connectivity index (χ1) is 17.9. The van der Waals surface area contributed by atoms with Crippen LogP contribution in [0.1, 0.15) is 47.1 Å². The summed E-state index contributed by atoms with van der Waals surface area (Å²) in [5, 5.41) is 0.597. The molecule has 0 spiro atoms. The molecule has 0 unspecified atom stereocenters. The van der Waals surface area contributed by atoms with E-state index in [1.54, 1.807) is 19.1 Å². The lowest BCUT2D eigenvalue weighted by Crippen LogP contribution is -2.22. The number of carbonyl (C=O) groups excluding carboxylic acids is 2. The average molecular weight is 500 g/mol. The molecule has 0 N–H and O–H groups in total. The molecule has 1 heterocycles. The summed E-state index contributed by atoms with van der Waals surface area (Å²) in [7, 11) is 0. The minimum atomic E-state index is -0.734. The fraction of sp³-hybridized carbons (Fsp3) is 0.233. The number of hydrogen-bond acceptors (Lipinski definition) is 7. The molecule has 7 nitrogen and oxygen atoms in total. The van der Waals surface area contributed by atoms with Crippen LogP contribution in [0.5, 0.6) is 0 Å². The van der Waals surface area contributed by atoms with Gasteiger partial charge in [-0.15, -0.1) is 0 Å². The van der Waals surface area contributed by atoms with Crippen LogP contribution in [0, 0.1) is 0 Å². The van der Waals surface area contributed by atoms with Crippen LogP contribution >= 0.6 is 0 Å². The van der Waals surface area contributed by atoms with E-state index in [0.29, 0.717) is 16.5 Å². The Kier molecular flexibility index (Phi) is 8.03. The van der Waals surface area contributed by atoms with Gasteiger partial charge in [0.2, 0.25) is 0 Å². The van der Waals surface area contributed by atoms with E-state index < -0.39 is 17.6 Å². The summed E-state index contributed by atoms with van der Waals surface area (Å²) >= 11 is 0. The first-order valence-corrected chi connectivity index (χ1v) is 12.3. The van der Waals surface area contributed by atoms with Gasteiger partial charge >= 0.3 is 17.6 Å². The lowest BCUT2D eigenvalue weighted by molar-refractivity contribution is 0.0471. The van der Waals surface area contributed by atoms with Gasteiger partial charge in [-0.25, -0.2) is 14.4 Å². The maximum atomic E-state index is 12.6. The third-order valence-electron chi connectivity index (χ3n) is 6.09. The molecule has 37 heavy (non-hydrogen) atoms. The minimum absolute atomic E-state index is 0.146. The Morgan fingerprint density at radius 1 is 0.838 bits per heavy atom. The van der Waals surface area contributed by atoms with Crippen molar-refractivity contribution in [2.75, 3.05) is 24.6 Å². The number of hydrogen-bond donors (Lipinski definition) is 0. The summed E-state index contributed by atoms with van der Waals surface area (Å²) in [6.07, 6.45) is 0. The van der Waals surface area contributed by atoms with Crippen LogP contribution in [0.4, 0.5) is 5.69 Å². The molecule has 0 saturated carbocycles. The first-order valence-electron chi connectivity index (χ1n) is 12.3. The highest BCUT2D eigenvalue weighted by Crippen LogP contribution is 2.35. The lowest BCUT2D eigenvalue weighted by atomic mass is 9.98. The highest BCUT2D eigenvalue weighted by atomic mass is 16.5. The molecule has 0 fully saturated rings. The fourth-order valence-electron chi connectivity index (χ4n) is 4.16. The van der Waals surface area contributed by atoms with Crippen LogP contribution in [0.3, 0.4) is 0 Å². The van der Waals surface area contributed by atoms with Gasteiger partial charge in [0.25, 0.3) is 0 Å². The highest BCUT2D eigenvalue weighted by Gasteiger charge is 2.19. The van der Waals surface area contributed by atoms with Gasteiger partial charge in [-0.3, -0.25) is 0 Å². The molecule has 7 heteroatoms. The van der Waals surface area contributed by atoms with Gasteiger partial charge in [0.05, 0.1) is 12.2 Å². The van der Waals surface area contributed by atoms with Crippen molar-refractivity contribution in [3.05, 3.63) is 99.9 Å². The second-order valence-electron chi connectivity index (χ2n) is 8.39. The van der Waals surface area contributed by atoms with E-state index in [1.807, 2.05) is 68.4 Å². The van der Waals surface area contributed by atoms with Crippen LogP contribution in [-0.2, 0) is 16.1 Å². The number of ether oxygens (including phenoxy) is 2. The second kappa shape index (κ2) is 11.6. The average Bonchev–Trinajstić information content (AvgIpc) is 2.92. The van der Waals surface area contributed by atoms with Crippen LogP contribution in [-0.4, -0.2) is 31.6 Å². The molecule has 0 atom stereocenters. The Labute approximate surface area is 215 Å². The van der Waals surface area contributed by atoms with E-state index in [1.165, 1.54) is 6.07 Å². The summed E-state index contributed by atoms with van der Waals surface area (Å²) < 4.78 is 16.0. The van der Waals surface area contributed by atoms with Crippen molar-refractivity contribution in [2.45, 2.75) is 27.4 Å². The zero-order valence-corrected chi connectivity index (χ0v) is 21.2. The number of carbonyl (C=O) groups is 2. The van der Waals surface area contributed by atoms with E-state index in [2.05, 4.69) is 4.90 Å². The molecule has 1 aromatic heterocycles. The summed E-state index contributed by atoms with van der Waals surface area (Å²) in [5.74, 6) is -1.12. The van der Waals surface area contributed by atoms with Crippen molar-refractivity contribution in [3.8, 4) is 11.1 Å². The monoisotopic (exact) mass is 499 g/mol. The van der Waals surface area contributed by atoms with Gasteiger partial charge in [-0.05, 0) is 56.2 Å². The second-order valence-corrected chi connectivity index (χ2v) is 8.39. The van der Waals surface area contributed by atoms with E-state index in [-0.39, 0.29) is 18.8 Å². The standard InChI is InChI=1S/C30H29NO6/c1-4-31(5-2)26-18-27-23(17-25(30(34)37-27)29(33)35-6-3)16-24(26)21-12-14-22(15-13-21)28(32)36-19-20-10-8-7-9-11-20/h7-18H,4-6,19H2,1-3H3. The Balaban J connectivity index is 1.70. The Morgan fingerprint density at radius 3 is 2.19 bits per heavy atom. The molecule has 4 rings (SSSR count). The number of nitrogens with zero attached hydrogens (tertiary/aromatic N) is 1. The van der Waals surface area contributed by atoms with Gasteiger partial charge in [0.1, 0.15) is 17.8 Å². The minimum Gasteiger partial charge on any atom is -0.462 e. The van der Waals surface area contributed by atoms with Crippen molar-refractivity contribution < 1.29 is 23.5 Å². The van der Waals surface area contributed by atoms with Crippen molar-refractivity contribution in [3.63, 3.8) is 0 Å². The third-order valence-corrected chi connectivity index (χ3v) is 6.09. The van der Waals surface area contributed by atoms with Crippen molar-refractivity contribution in [2.24, 2.45) is 0 Å². The molecule has 0 saturated heterocycles. The first kappa shape index (κ1) is 25.7. The molecule has 0 radical (unpaired) electrons. The quantitative estimate of drug-likeness (QED) is 0.211. The van der Waals surface area contributed by atoms with E-state index in [0.717, 1.165) is 35.5 Å². The van der Waals surface area contributed by atoms with Crippen LogP contribution in [0.2, 0.25) is 0 Å². The Morgan fingerprint density at radius 2 is 1.54 bits per heavy atom. The molecule has 0 amide bonds. The van der Waals surface area contributed by atoms with Crippen LogP contribution < -0.4 is 10.5 Å². The van der Waals surface area contributed by atoms with Gasteiger partial charge in [0.15, 0.2) is 0 Å². The van der Waals surface area contributed by atoms with Gasteiger partial charge < -0.3 is 18.8 Å². The third kappa shape index (κ3) is 5.72. The lowest BCUT2D eigenvalue weighted by Gasteiger charge is -2.25. The fourth-order valence-corrected chi connectivity index (χ4v) is 4.16. The highest BCUT2D eigenvalue weighted by molar-refractivity contribution is 5.97. The zero-order chi connectivity index (χ0) is 26.4. The number of rotatable bonds is 9. The maximum absolute atomic E-state index is 12.6. The summed E-state index contributed by atoms with van der Waals surface area (Å²) in [5.41, 5.74) is 3.49. The molecule has 0 bridgehead atoms. The summed E-state index contributed by atoms with van der Waals surface area (Å²) in [4.78, 5) is 39.4. The maximum Gasteiger partial charge on any atom is 0.351 e. The summed E-state index contributed by atoms with van der Waals surface area (Å²) in [6, 6.07) is 21.9. The number of esters is 2. The van der Waals surface area contributed by atoms with Gasteiger partial charge in [-0.1, -0.05) is 42.5 Å². The molecule has 0 aliphatic rings. The predicted octanol–water partition coefficient (Wildman–Crippen LogP) is 5.84. The number of benzene rings is 3. The molecular formula is C30H29NO6. The van der Waals surface area contributed by atoms with E-state index >= 15 is 0 Å². The normalized spacial score (nSPS) is 10.8. The van der Waals surface area contributed by atoms with Crippen molar-refractivity contribution in [1.29, 1.82) is 0 Å². The van der Waals surface area contributed by atoms with E-state index in [9.17, 15) is 14.4 Å². The predicted molar refractivity (Wildman–Crippen MR) is 143 cm³/mol. The zero-order valence-electron chi connectivity index (χ0n) is 21.2. The van der Waals surface area contributed by atoms with Crippen LogP contribution in [0.15, 0.2) is 82.0 Å². The smallest absolute Gasteiger partial charge is 0.351 e. The van der Waals surface area contributed by atoms with Gasteiger partial charge in [0, 0.05) is 35.8 Å². The summed E-state index contributed by atoms with van der Waals surface area (Å²) in [6.45, 7) is 7.60. The van der Waals surface area contributed by atoms with Gasteiger partial charge in [-0.2, -0.15) is 0 Å². The molecule has 3 aromatic carbocycles. The molecular weight excluding hydrogens is 470 g/mol. The largest absolute Gasteiger partial charge is 0.462 e. The molecule has 190 valence electrons. The Hall–Kier alpha value is -4.39. The van der Waals surface area contributed by atoms with Crippen LogP contribution in [0.25, 0.3) is 22.1 Å². The molecule has 0 aliphatic heterocycles. The SMILES string of the molecule is CCOC(=O)c1cc2cc(-c3ccc(C(=O)OCc4ccccc4)cc3)c(N(CC)CC)cc2oc1=O. The number of fused-ring (bicyclic) bond motifs is 1. The molecule has 4 aromatic rings.